The molecule has 1 fully saturated rings. The van der Waals surface area contributed by atoms with Gasteiger partial charge in [0.1, 0.15) is 0 Å². The van der Waals surface area contributed by atoms with Crippen LogP contribution in [0.2, 0.25) is 0 Å². The van der Waals surface area contributed by atoms with Gasteiger partial charge in [0.15, 0.2) is 5.75 Å². The highest BCUT2D eigenvalue weighted by molar-refractivity contribution is 7.88. The minimum Gasteiger partial charge on any atom is -0.503 e. The molecule has 1 saturated heterocycles. The van der Waals surface area contributed by atoms with Gasteiger partial charge in [-0.3, -0.25) is 9.69 Å². The van der Waals surface area contributed by atoms with Crippen LogP contribution in [0.5, 0.6) is 5.75 Å². The van der Waals surface area contributed by atoms with Crippen LogP contribution in [-0.4, -0.2) is 60.1 Å². The first-order chi connectivity index (χ1) is 8.86. The van der Waals surface area contributed by atoms with E-state index in [-0.39, 0.29) is 5.75 Å². The Labute approximate surface area is 111 Å². The Morgan fingerprint density at radius 2 is 1.95 bits per heavy atom. The van der Waals surface area contributed by atoms with Crippen LogP contribution in [0.15, 0.2) is 17.1 Å². The standard InChI is InChI=1S/C11H17N3O4S/c1-19(17,18)14-4-2-13(3-5-14)8-9-6-10(15)11(16)7-12-9/h6-7,16H,2-5,8H2,1H3,(H,12,15). The zero-order valence-electron chi connectivity index (χ0n) is 10.7. The van der Waals surface area contributed by atoms with Gasteiger partial charge in [0.2, 0.25) is 15.5 Å². The molecule has 0 spiro atoms. The first kappa shape index (κ1) is 14.0. The molecule has 2 heterocycles. The Morgan fingerprint density at radius 1 is 1.32 bits per heavy atom. The highest BCUT2D eigenvalue weighted by Crippen LogP contribution is 2.09. The number of H-pyrrole nitrogens is 1. The van der Waals surface area contributed by atoms with Gasteiger partial charge in [-0.05, 0) is 0 Å². The van der Waals surface area contributed by atoms with Crippen molar-refractivity contribution < 1.29 is 13.5 Å². The molecule has 0 amide bonds. The van der Waals surface area contributed by atoms with Crippen molar-refractivity contribution in [2.24, 2.45) is 0 Å². The molecule has 0 aromatic carbocycles. The second-order valence-electron chi connectivity index (χ2n) is 4.65. The van der Waals surface area contributed by atoms with Crippen molar-refractivity contribution in [3.05, 3.63) is 28.2 Å². The summed E-state index contributed by atoms with van der Waals surface area (Å²) in [5.41, 5.74) is 0.291. The van der Waals surface area contributed by atoms with Crippen LogP contribution < -0.4 is 5.43 Å². The molecule has 2 N–H and O–H groups in total. The number of nitrogens with zero attached hydrogens (tertiary/aromatic N) is 2. The summed E-state index contributed by atoms with van der Waals surface area (Å²) in [5, 5.41) is 9.14. The smallest absolute Gasteiger partial charge is 0.223 e. The molecular formula is C11H17N3O4S. The van der Waals surface area contributed by atoms with Gasteiger partial charge in [-0.15, -0.1) is 0 Å². The number of sulfonamides is 1. The SMILES string of the molecule is CS(=O)(=O)N1CCN(Cc2cc(=O)c(O)c[nH]2)CC1. The van der Waals surface area contributed by atoms with E-state index >= 15 is 0 Å². The van der Waals surface area contributed by atoms with E-state index in [0.717, 1.165) is 0 Å². The highest BCUT2D eigenvalue weighted by Gasteiger charge is 2.23. The fourth-order valence-electron chi connectivity index (χ4n) is 2.06. The molecule has 8 heteroatoms. The van der Waals surface area contributed by atoms with Gasteiger partial charge >= 0.3 is 0 Å². The molecule has 0 unspecified atom stereocenters. The topological polar surface area (TPSA) is 93.7 Å². The van der Waals surface area contributed by atoms with Crippen molar-refractivity contribution in [1.82, 2.24) is 14.2 Å². The maximum atomic E-state index is 11.4. The fourth-order valence-corrected chi connectivity index (χ4v) is 2.88. The second kappa shape index (κ2) is 5.32. The Morgan fingerprint density at radius 3 is 2.47 bits per heavy atom. The fraction of sp³-hybridized carbons (Fsp3) is 0.545. The largest absolute Gasteiger partial charge is 0.503 e. The number of pyridine rings is 1. The second-order valence-corrected chi connectivity index (χ2v) is 6.63. The van der Waals surface area contributed by atoms with Crippen LogP contribution in [0.4, 0.5) is 0 Å². The molecule has 19 heavy (non-hydrogen) atoms. The summed E-state index contributed by atoms with van der Waals surface area (Å²) < 4.78 is 24.2. The van der Waals surface area contributed by atoms with Crippen molar-refractivity contribution >= 4 is 10.0 Å². The Kier molecular flexibility index (Phi) is 3.93. The third-order valence-corrected chi connectivity index (χ3v) is 4.45. The van der Waals surface area contributed by atoms with Crippen molar-refractivity contribution in [3.63, 3.8) is 0 Å². The third-order valence-electron chi connectivity index (χ3n) is 3.15. The molecular weight excluding hydrogens is 270 g/mol. The van der Waals surface area contributed by atoms with Crippen molar-refractivity contribution in [3.8, 4) is 5.75 Å². The average Bonchev–Trinajstić information content (AvgIpc) is 2.33. The van der Waals surface area contributed by atoms with Crippen LogP contribution in [0.1, 0.15) is 5.69 Å². The molecule has 1 aliphatic rings. The molecule has 2 rings (SSSR count). The van der Waals surface area contributed by atoms with Gasteiger partial charge in [-0.1, -0.05) is 0 Å². The monoisotopic (exact) mass is 287 g/mol. The summed E-state index contributed by atoms with van der Waals surface area (Å²) in [6.07, 6.45) is 2.48. The predicted octanol–water partition coefficient (Wildman–Crippen LogP) is -0.842. The summed E-state index contributed by atoms with van der Waals surface area (Å²) in [5.74, 6) is -0.300. The first-order valence-electron chi connectivity index (χ1n) is 5.94. The summed E-state index contributed by atoms with van der Waals surface area (Å²) in [4.78, 5) is 16.2. The predicted molar refractivity (Wildman–Crippen MR) is 70.4 cm³/mol. The van der Waals surface area contributed by atoms with E-state index in [2.05, 4.69) is 9.88 Å². The van der Waals surface area contributed by atoms with Crippen molar-refractivity contribution in [2.75, 3.05) is 32.4 Å². The summed E-state index contributed by atoms with van der Waals surface area (Å²) in [7, 11) is -3.12. The number of nitrogens with one attached hydrogen (secondary N) is 1. The zero-order chi connectivity index (χ0) is 14.0. The maximum absolute atomic E-state index is 11.4. The number of hydrogen-bond acceptors (Lipinski definition) is 5. The van der Waals surface area contributed by atoms with Gasteiger partial charge in [0, 0.05) is 50.7 Å². The van der Waals surface area contributed by atoms with E-state index in [1.54, 1.807) is 0 Å². The van der Waals surface area contributed by atoms with Gasteiger partial charge in [-0.2, -0.15) is 4.31 Å². The molecule has 1 aliphatic heterocycles. The van der Waals surface area contributed by atoms with E-state index < -0.39 is 15.5 Å². The number of hydrogen-bond donors (Lipinski definition) is 2. The normalized spacial score (nSPS) is 18.6. The maximum Gasteiger partial charge on any atom is 0.223 e. The van der Waals surface area contributed by atoms with E-state index in [4.69, 9.17) is 5.11 Å². The molecule has 106 valence electrons. The van der Waals surface area contributed by atoms with E-state index in [0.29, 0.717) is 38.4 Å². The number of rotatable bonds is 3. The van der Waals surface area contributed by atoms with Gasteiger partial charge in [0.25, 0.3) is 0 Å². The Balaban J connectivity index is 1.96. The summed E-state index contributed by atoms with van der Waals surface area (Å²) in [6, 6.07) is 1.36. The molecule has 0 atom stereocenters. The quantitative estimate of drug-likeness (QED) is 0.756. The number of aromatic hydroxyl groups is 1. The zero-order valence-corrected chi connectivity index (χ0v) is 11.5. The van der Waals surface area contributed by atoms with Gasteiger partial charge < -0.3 is 10.1 Å². The summed E-state index contributed by atoms with van der Waals surface area (Å²) >= 11 is 0. The lowest BCUT2D eigenvalue weighted by Gasteiger charge is -2.33. The lowest BCUT2D eigenvalue weighted by Crippen LogP contribution is -2.47. The molecule has 1 aromatic heterocycles. The lowest BCUT2D eigenvalue weighted by molar-refractivity contribution is 0.180. The van der Waals surface area contributed by atoms with Crippen molar-refractivity contribution in [2.45, 2.75) is 6.54 Å². The molecule has 0 radical (unpaired) electrons. The van der Waals surface area contributed by atoms with Crippen LogP contribution >= 0.6 is 0 Å². The molecule has 1 aromatic rings. The number of piperazine rings is 1. The molecule has 0 aliphatic carbocycles. The molecule has 7 nitrogen and oxygen atoms in total. The van der Waals surface area contributed by atoms with E-state index in [9.17, 15) is 13.2 Å². The third kappa shape index (κ3) is 3.55. The van der Waals surface area contributed by atoms with E-state index in [1.807, 2.05) is 0 Å². The minimum absolute atomic E-state index is 0.300. The first-order valence-corrected chi connectivity index (χ1v) is 7.79. The van der Waals surface area contributed by atoms with E-state index in [1.165, 1.54) is 22.8 Å². The Bertz CT molecular complexity index is 603. The van der Waals surface area contributed by atoms with Gasteiger partial charge in [-0.25, -0.2) is 8.42 Å². The van der Waals surface area contributed by atoms with Gasteiger partial charge in [0.05, 0.1) is 6.26 Å². The van der Waals surface area contributed by atoms with Crippen LogP contribution in [-0.2, 0) is 16.6 Å². The minimum atomic E-state index is -3.12. The van der Waals surface area contributed by atoms with Crippen LogP contribution in [0.25, 0.3) is 0 Å². The highest BCUT2D eigenvalue weighted by atomic mass is 32.2. The molecule has 0 saturated carbocycles. The summed E-state index contributed by atoms with van der Waals surface area (Å²) in [6.45, 7) is 2.70. The Hall–Kier alpha value is -1.38. The molecule has 0 bridgehead atoms. The number of aromatic nitrogens is 1. The number of aromatic amines is 1. The van der Waals surface area contributed by atoms with Crippen molar-refractivity contribution in [1.29, 1.82) is 0 Å². The van der Waals surface area contributed by atoms with Crippen LogP contribution in [0.3, 0.4) is 0 Å². The average molecular weight is 287 g/mol. The lowest BCUT2D eigenvalue weighted by atomic mass is 10.3. The van der Waals surface area contributed by atoms with Crippen LogP contribution in [0, 0.1) is 0 Å².